The first-order chi connectivity index (χ1) is 16.0. The molecule has 0 saturated heterocycles. The zero-order valence-electron chi connectivity index (χ0n) is 19.5. The van der Waals surface area contributed by atoms with Gasteiger partial charge in [0, 0.05) is 29.9 Å². The van der Waals surface area contributed by atoms with Crippen LogP contribution in [0.15, 0.2) is 42.6 Å². The molecule has 0 saturated carbocycles. The van der Waals surface area contributed by atoms with Crippen molar-refractivity contribution in [1.82, 2.24) is 29.7 Å². The Balaban J connectivity index is 1.71. The first-order valence-electron chi connectivity index (χ1n) is 10.8. The number of nitrogens with one attached hydrogen (secondary N) is 1. The largest absolute Gasteiger partial charge is 0.433 e. The molecule has 0 bridgehead atoms. The predicted octanol–water partition coefficient (Wildman–Crippen LogP) is 5.07. The van der Waals surface area contributed by atoms with Crippen molar-refractivity contribution in [3.63, 3.8) is 0 Å². The molecule has 1 atom stereocenters. The van der Waals surface area contributed by atoms with E-state index in [2.05, 4.69) is 20.5 Å². The molecule has 1 amide bonds. The molecule has 1 unspecified atom stereocenters. The van der Waals surface area contributed by atoms with Crippen molar-refractivity contribution in [2.45, 2.75) is 45.8 Å². The molecule has 1 N–H and O–H groups in total. The van der Waals surface area contributed by atoms with E-state index >= 15 is 0 Å². The Hall–Kier alpha value is -3.69. The first-order valence-corrected chi connectivity index (χ1v) is 10.8. The summed E-state index contributed by atoms with van der Waals surface area (Å²) in [4.78, 5) is 17.2. The predicted molar refractivity (Wildman–Crippen MR) is 121 cm³/mol. The number of amides is 1. The molecule has 34 heavy (non-hydrogen) atoms. The number of hydrogen-bond donors (Lipinski definition) is 1. The molecule has 3 aromatic heterocycles. The lowest BCUT2D eigenvalue weighted by Gasteiger charge is -2.13. The minimum atomic E-state index is -4.69. The van der Waals surface area contributed by atoms with Gasteiger partial charge in [-0.05, 0) is 31.4 Å². The summed E-state index contributed by atoms with van der Waals surface area (Å²) in [6.07, 6.45) is -3.04. The number of rotatable bonds is 5. The SMILES string of the molecule is Cc1c(C(C)NC(=O)c2cc3nc(-c4ccc(C(C)C)cc4)cc(C(F)(F)F)n3n2)cnn1C. The maximum atomic E-state index is 13.9. The number of benzene rings is 1. The van der Waals surface area contributed by atoms with E-state index in [4.69, 9.17) is 0 Å². The summed E-state index contributed by atoms with van der Waals surface area (Å²) in [6.45, 7) is 7.72. The normalized spacial score (nSPS) is 13.0. The van der Waals surface area contributed by atoms with Crippen LogP contribution < -0.4 is 5.32 Å². The van der Waals surface area contributed by atoms with E-state index < -0.39 is 23.8 Å². The van der Waals surface area contributed by atoms with E-state index in [9.17, 15) is 18.0 Å². The summed E-state index contributed by atoms with van der Waals surface area (Å²) in [5, 5.41) is 10.9. The van der Waals surface area contributed by atoms with Gasteiger partial charge in [0.05, 0.1) is 17.9 Å². The van der Waals surface area contributed by atoms with Gasteiger partial charge in [-0.1, -0.05) is 38.1 Å². The molecular weight excluding hydrogens is 445 g/mol. The minimum Gasteiger partial charge on any atom is -0.344 e. The second-order valence-electron chi connectivity index (χ2n) is 8.60. The van der Waals surface area contributed by atoms with Gasteiger partial charge >= 0.3 is 6.18 Å². The summed E-state index contributed by atoms with van der Waals surface area (Å²) < 4.78 is 44.0. The monoisotopic (exact) mass is 470 g/mol. The molecule has 0 aliphatic heterocycles. The Morgan fingerprint density at radius 3 is 2.32 bits per heavy atom. The molecule has 3 heterocycles. The third-order valence-corrected chi connectivity index (χ3v) is 5.91. The van der Waals surface area contributed by atoms with Gasteiger partial charge < -0.3 is 5.32 Å². The number of nitrogens with zero attached hydrogens (tertiary/aromatic N) is 5. The lowest BCUT2D eigenvalue weighted by atomic mass is 10.0. The highest BCUT2D eigenvalue weighted by Crippen LogP contribution is 2.32. The minimum absolute atomic E-state index is 0.0619. The summed E-state index contributed by atoms with van der Waals surface area (Å²) in [5.74, 6) is -0.304. The van der Waals surface area contributed by atoms with E-state index in [0.29, 0.717) is 16.0 Å². The number of halogens is 3. The molecule has 0 fully saturated rings. The van der Waals surface area contributed by atoms with E-state index in [1.165, 1.54) is 6.07 Å². The average molecular weight is 470 g/mol. The molecular formula is C24H25F3N6O. The third kappa shape index (κ3) is 4.40. The molecule has 10 heteroatoms. The molecule has 0 aliphatic carbocycles. The van der Waals surface area contributed by atoms with Crippen molar-refractivity contribution >= 4 is 11.6 Å². The maximum absolute atomic E-state index is 13.9. The number of aryl methyl sites for hydroxylation is 1. The summed E-state index contributed by atoms with van der Waals surface area (Å²) in [6, 6.07) is 9.04. The van der Waals surface area contributed by atoms with Crippen molar-refractivity contribution in [2.75, 3.05) is 0 Å². The standard InChI is InChI=1S/C24H25F3N6O/c1-13(2)16-6-8-17(9-7-16)19-10-21(24(25,26)27)33-22(30-19)11-20(31-33)23(34)29-14(3)18-12-28-32(5)15(18)4/h6-14H,1-5H3,(H,29,34). The zero-order chi connectivity index (χ0) is 24.8. The van der Waals surface area contributed by atoms with Gasteiger partial charge in [0.25, 0.3) is 5.91 Å². The van der Waals surface area contributed by atoms with Crippen molar-refractivity contribution < 1.29 is 18.0 Å². The fourth-order valence-electron chi connectivity index (χ4n) is 3.76. The molecule has 0 spiro atoms. The number of fused-ring (bicyclic) bond motifs is 1. The van der Waals surface area contributed by atoms with Crippen LogP contribution in [0.4, 0.5) is 13.2 Å². The molecule has 0 aliphatic rings. The van der Waals surface area contributed by atoms with E-state index in [1.807, 2.05) is 32.9 Å². The molecule has 0 radical (unpaired) electrons. The summed E-state index contributed by atoms with van der Waals surface area (Å²) in [7, 11) is 1.79. The van der Waals surface area contributed by atoms with Gasteiger partial charge in [-0.25, -0.2) is 9.50 Å². The van der Waals surface area contributed by atoms with Gasteiger partial charge in [-0.15, -0.1) is 0 Å². The van der Waals surface area contributed by atoms with E-state index in [0.717, 1.165) is 22.9 Å². The van der Waals surface area contributed by atoms with Crippen molar-refractivity contribution in [3.05, 3.63) is 70.8 Å². The Morgan fingerprint density at radius 2 is 1.76 bits per heavy atom. The third-order valence-electron chi connectivity index (χ3n) is 5.91. The Morgan fingerprint density at radius 1 is 1.09 bits per heavy atom. The van der Waals surface area contributed by atoms with Crippen LogP contribution in [0.25, 0.3) is 16.9 Å². The topological polar surface area (TPSA) is 77.1 Å². The van der Waals surface area contributed by atoms with E-state index in [-0.39, 0.29) is 17.0 Å². The molecule has 4 aromatic rings. The quantitative estimate of drug-likeness (QED) is 0.442. The molecule has 7 nitrogen and oxygen atoms in total. The van der Waals surface area contributed by atoms with Crippen LogP contribution >= 0.6 is 0 Å². The summed E-state index contributed by atoms with van der Waals surface area (Å²) >= 11 is 0. The maximum Gasteiger partial charge on any atom is 0.433 e. The highest BCUT2D eigenvalue weighted by Gasteiger charge is 2.35. The van der Waals surface area contributed by atoms with Crippen molar-refractivity contribution in [3.8, 4) is 11.3 Å². The lowest BCUT2D eigenvalue weighted by Crippen LogP contribution is -2.27. The fourth-order valence-corrected chi connectivity index (χ4v) is 3.76. The zero-order valence-corrected chi connectivity index (χ0v) is 19.5. The second-order valence-corrected chi connectivity index (χ2v) is 8.60. The number of alkyl halides is 3. The second kappa shape index (κ2) is 8.58. The van der Waals surface area contributed by atoms with Crippen LogP contribution in [0.2, 0.25) is 0 Å². The van der Waals surface area contributed by atoms with Crippen LogP contribution in [0.3, 0.4) is 0 Å². The van der Waals surface area contributed by atoms with Crippen LogP contribution in [-0.2, 0) is 13.2 Å². The Labute approximate surface area is 194 Å². The highest BCUT2D eigenvalue weighted by atomic mass is 19.4. The average Bonchev–Trinajstić information content (AvgIpc) is 3.35. The molecule has 178 valence electrons. The van der Waals surface area contributed by atoms with Gasteiger partial charge in [-0.2, -0.15) is 23.4 Å². The smallest absolute Gasteiger partial charge is 0.344 e. The number of carbonyl (C=O) groups excluding carboxylic acids is 1. The number of hydrogen-bond acceptors (Lipinski definition) is 4. The van der Waals surface area contributed by atoms with Crippen molar-refractivity contribution in [1.29, 1.82) is 0 Å². The van der Waals surface area contributed by atoms with E-state index in [1.54, 1.807) is 37.0 Å². The van der Waals surface area contributed by atoms with Crippen LogP contribution in [0.5, 0.6) is 0 Å². The highest BCUT2D eigenvalue weighted by molar-refractivity contribution is 5.93. The van der Waals surface area contributed by atoms with Gasteiger partial charge in [-0.3, -0.25) is 9.48 Å². The number of carbonyl (C=O) groups is 1. The summed E-state index contributed by atoms with van der Waals surface area (Å²) in [5.41, 5.74) is 2.23. The van der Waals surface area contributed by atoms with Crippen LogP contribution in [0.1, 0.15) is 65.7 Å². The fraction of sp³-hybridized carbons (Fsp3) is 0.333. The van der Waals surface area contributed by atoms with Crippen LogP contribution in [0, 0.1) is 6.92 Å². The Bertz CT molecular complexity index is 1350. The van der Waals surface area contributed by atoms with Gasteiger partial charge in [0.2, 0.25) is 0 Å². The van der Waals surface area contributed by atoms with Crippen LogP contribution in [-0.4, -0.2) is 30.3 Å². The van der Waals surface area contributed by atoms with Gasteiger partial charge in [0.15, 0.2) is 17.0 Å². The number of aromatic nitrogens is 5. The van der Waals surface area contributed by atoms with Gasteiger partial charge in [0.1, 0.15) is 0 Å². The lowest BCUT2D eigenvalue weighted by molar-refractivity contribution is -0.142. The van der Waals surface area contributed by atoms with Crippen molar-refractivity contribution in [2.24, 2.45) is 7.05 Å². The molecule has 4 rings (SSSR count). The Kier molecular flexibility index (Phi) is 5.93. The molecule has 1 aromatic carbocycles. The first kappa shape index (κ1) is 23.5.